The Kier molecular flexibility index (Phi) is 8.95. The van der Waals surface area contributed by atoms with E-state index in [1.807, 2.05) is 0 Å². The summed E-state index contributed by atoms with van der Waals surface area (Å²) in [7, 11) is 1.44. The third-order valence-electron chi connectivity index (χ3n) is 4.73. The largest absolute Gasteiger partial charge is 0.455 e. The van der Waals surface area contributed by atoms with Gasteiger partial charge in [0.25, 0.3) is 0 Å². The van der Waals surface area contributed by atoms with Crippen molar-refractivity contribution in [1.82, 2.24) is 0 Å². The molecule has 0 aromatic heterocycles. The molecule has 0 N–H and O–H groups in total. The van der Waals surface area contributed by atoms with Crippen LogP contribution in [-0.4, -0.2) is 62.7 Å². The van der Waals surface area contributed by atoms with Crippen LogP contribution in [0.2, 0.25) is 0 Å². The Morgan fingerprint density at radius 3 is 2.26 bits per heavy atom. The van der Waals surface area contributed by atoms with E-state index in [1.54, 1.807) is 0 Å². The maximum Gasteiger partial charge on any atom is 0.303 e. The minimum absolute atomic E-state index is 0.300. The van der Waals surface area contributed by atoms with Crippen LogP contribution in [0, 0.1) is 0 Å². The highest BCUT2D eigenvalue weighted by Gasteiger charge is 2.53. The second kappa shape index (κ2) is 10.9. The molecule has 2 rings (SSSR count). The van der Waals surface area contributed by atoms with Gasteiger partial charge in [-0.15, -0.1) is 0 Å². The van der Waals surface area contributed by atoms with Gasteiger partial charge >= 0.3 is 11.9 Å². The summed E-state index contributed by atoms with van der Waals surface area (Å²) in [5.74, 6) is -1.00. The summed E-state index contributed by atoms with van der Waals surface area (Å²) in [5.41, 5.74) is 0. The molecule has 0 bridgehead atoms. The number of unbranched alkanes of at least 4 members (excludes halogenated alkanes) is 4. The molecule has 0 aliphatic carbocycles. The molecule has 8 heteroatoms. The van der Waals surface area contributed by atoms with Crippen molar-refractivity contribution >= 4 is 11.9 Å². The standard InChI is InChI=1S/C19H32O8/c1-5-6-7-8-9-10-15-23-11-14-16(27-15)17(24-12(2)20)18(25-13(3)21)19(22-4)26-14/h14-19H,5-11H2,1-4H3. The smallest absolute Gasteiger partial charge is 0.303 e. The van der Waals surface area contributed by atoms with Gasteiger partial charge in [-0.2, -0.15) is 0 Å². The molecule has 2 aliphatic rings. The number of esters is 2. The fraction of sp³-hybridized carbons (Fsp3) is 0.895. The minimum Gasteiger partial charge on any atom is -0.455 e. The summed E-state index contributed by atoms with van der Waals surface area (Å²) in [6.45, 7) is 5.07. The number of rotatable bonds is 9. The van der Waals surface area contributed by atoms with E-state index in [0.29, 0.717) is 6.61 Å². The summed E-state index contributed by atoms with van der Waals surface area (Å²) < 4.78 is 33.7. The van der Waals surface area contributed by atoms with Crippen LogP contribution in [0.3, 0.4) is 0 Å². The number of fused-ring (bicyclic) bond motifs is 1. The van der Waals surface area contributed by atoms with Crippen LogP contribution in [0.15, 0.2) is 0 Å². The van der Waals surface area contributed by atoms with Gasteiger partial charge in [-0.1, -0.05) is 32.6 Å². The molecule has 8 nitrogen and oxygen atoms in total. The van der Waals surface area contributed by atoms with Gasteiger partial charge in [0.1, 0.15) is 12.2 Å². The topological polar surface area (TPSA) is 89.5 Å². The van der Waals surface area contributed by atoms with Crippen molar-refractivity contribution in [1.29, 1.82) is 0 Å². The van der Waals surface area contributed by atoms with E-state index in [2.05, 4.69) is 6.92 Å². The molecule has 2 fully saturated rings. The zero-order valence-corrected chi connectivity index (χ0v) is 16.7. The van der Waals surface area contributed by atoms with Crippen LogP contribution in [0.4, 0.5) is 0 Å². The summed E-state index contributed by atoms with van der Waals surface area (Å²) in [5, 5.41) is 0. The molecular weight excluding hydrogens is 356 g/mol. The lowest BCUT2D eigenvalue weighted by molar-refractivity contribution is -0.357. The van der Waals surface area contributed by atoms with Crippen LogP contribution < -0.4 is 0 Å². The zero-order valence-electron chi connectivity index (χ0n) is 16.7. The number of carbonyl (C=O) groups excluding carboxylic acids is 2. The van der Waals surface area contributed by atoms with Crippen molar-refractivity contribution < 1.29 is 38.0 Å². The molecule has 2 saturated heterocycles. The minimum atomic E-state index is -0.902. The van der Waals surface area contributed by atoms with Crippen molar-refractivity contribution in [2.75, 3.05) is 13.7 Å². The first-order chi connectivity index (χ1) is 13.0. The molecule has 0 saturated carbocycles. The zero-order chi connectivity index (χ0) is 19.8. The first-order valence-electron chi connectivity index (χ1n) is 9.76. The van der Waals surface area contributed by atoms with Crippen molar-refractivity contribution in [3.63, 3.8) is 0 Å². The van der Waals surface area contributed by atoms with Crippen molar-refractivity contribution in [3.8, 4) is 0 Å². The predicted octanol–water partition coefficient (Wildman–Crippen LogP) is 2.32. The Morgan fingerprint density at radius 1 is 0.963 bits per heavy atom. The van der Waals surface area contributed by atoms with E-state index in [9.17, 15) is 9.59 Å². The number of methoxy groups -OCH3 is 1. The Hall–Kier alpha value is -1.22. The molecule has 0 amide bonds. The second-order valence-corrected chi connectivity index (χ2v) is 6.99. The normalized spacial score (nSPS) is 33.2. The Bertz CT molecular complexity index is 480. The molecule has 0 radical (unpaired) electrons. The molecule has 2 aliphatic heterocycles. The molecule has 2 heterocycles. The Morgan fingerprint density at radius 2 is 1.63 bits per heavy atom. The molecule has 0 aromatic carbocycles. The van der Waals surface area contributed by atoms with E-state index < -0.39 is 48.9 Å². The van der Waals surface area contributed by atoms with Gasteiger partial charge in [0.05, 0.1) is 6.61 Å². The van der Waals surface area contributed by atoms with Crippen molar-refractivity contribution in [2.45, 2.75) is 96.3 Å². The maximum atomic E-state index is 11.6. The van der Waals surface area contributed by atoms with E-state index in [0.717, 1.165) is 19.3 Å². The average molecular weight is 388 g/mol. The second-order valence-electron chi connectivity index (χ2n) is 6.99. The summed E-state index contributed by atoms with van der Waals surface area (Å²) in [6, 6.07) is 0. The van der Waals surface area contributed by atoms with Crippen LogP contribution in [0.1, 0.15) is 59.3 Å². The highest BCUT2D eigenvalue weighted by atomic mass is 16.8. The van der Waals surface area contributed by atoms with Crippen LogP contribution in [0.5, 0.6) is 0 Å². The van der Waals surface area contributed by atoms with Gasteiger partial charge in [0, 0.05) is 21.0 Å². The lowest BCUT2D eigenvalue weighted by Crippen LogP contribution is -2.64. The SMILES string of the molecule is CCCCCCCC1OCC2OC(OC)C(OC(C)=O)C(OC(C)=O)C2O1. The van der Waals surface area contributed by atoms with Crippen LogP contribution in [0.25, 0.3) is 0 Å². The fourth-order valence-corrected chi connectivity index (χ4v) is 3.49. The number of ether oxygens (including phenoxy) is 6. The quantitative estimate of drug-likeness (QED) is 0.439. The monoisotopic (exact) mass is 388 g/mol. The van der Waals surface area contributed by atoms with E-state index in [-0.39, 0.29) is 0 Å². The first-order valence-corrected chi connectivity index (χ1v) is 9.76. The number of hydrogen-bond acceptors (Lipinski definition) is 8. The highest BCUT2D eigenvalue weighted by Crippen LogP contribution is 2.33. The molecule has 156 valence electrons. The van der Waals surface area contributed by atoms with Crippen molar-refractivity contribution in [2.24, 2.45) is 0 Å². The highest BCUT2D eigenvalue weighted by molar-refractivity contribution is 5.67. The molecule has 27 heavy (non-hydrogen) atoms. The van der Waals surface area contributed by atoms with Gasteiger partial charge < -0.3 is 28.4 Å². The van der Waals surface area contributed by atoms with E-state index in [4.69, 9.17) is 28.4 Å². The number of hydrogen-bond donors (Lipinski definition) is 0. The molecule has 6 atom stereocenters. The number of carbonyl (C=O) groups is 2. The molecular formula is C19H32O8. The van der Waals surface area contributed by atoms with Gasteiger partial charge in [-0.3, -0.25) is 9.59 Å². The summed E-state index contributed by atoms with van der Waals surface area (Å²) >= 11 is 0. The molecule has 0 spiro atoms. The molecule has 6 unspecified atom stereocenters. The predicted molar refractivity (Wildman–Crippen MR) is 94.8 cm³/mol. The Labute approximate surface area is 160 Å². The summed E-state index contributed by atoms with van der Waals surface area (Å²) in [6.07, 6.45) is 2.45. The van der Waals surface area contributed by atoms with Gasteiger partial charge in [0.2, 0.25) is 0 Å². The van der Waals surface area contributed by atoms with Gasteiger partial charge in [0.15, 0.2) is 24.8 Å². The fourth-order valence-electron chi connectivity index (χ4n) is 3.49. The third kappa shape index (κ3) is 6.41. The van der Waals surface area contributed by atoms with E-state index in [1.165, 1.54) is 40.2 Å². The lowest BCUT2D eigenvalue weighted by atomic mass is 9.97. The molecule has 0 aromatic rings. The van der Waals surface area contributed by atoms with Crippen LogP contribution in [-0.2, 0) is 38.0 Å². The Balaban J connectivity index is 2.03. The summed E-state index contributed by atoms with van der Waals surface area (Å²) in [4.78, 5) is 23.2. The van der Waals surface area contributed by atoms with Crippen LogP contribution >= 0.6 is 0 Å². The van der Waals surface area contributed by atoms with Crippen molar-refractivity contribution in [3.05, 3.63) is 0 Å². The third-order valence-corrected chi connectivity index (χ3v) is 4.73. The first kappa shape index (κ1) is 22.1. The van der Waals surface area contributed by atoms with E-state index >= 15 is 0 Å². The lowest BCUT2D eigenvalue weighted by Gasteiger charge is -2.47. The average Bonchev–Trinajstić information content (AvgIpc) is 2.62. The van der Waals surface area contributed by atoms with Gasteiger partial charge in [-0.25, -0.2) is 0 Å². The van der Waals surface area contributed by atoms with Gasteiger partial charge in [-0.05, 0) is 12.8 Å². The maximum absolute atomic E-state index is 11.6.